The molecule has 2 aliphatic heterocycles. The molecule has 0 aromatic heterocycles. The maximum atomic E-state index is 5.82. The highest BCUT2D eigenvalue weighted by Gasteiger charge is 2.33. The van der Waals surface area contributed by atoms with Gasteiger partial charge in [0.2, 0.25) is 0 Å². The van der Waals surface area contributed by atoms with E-state index in [9.17, 15) is 0 Å². The second-order valence-electron chi connectivity index (χ2n) is 7.05. The summed E-state index contributed by atoms with van der Waals surface area (Å²) in [4.78, 5) is 9.18. The van der Waals surface area contributed by atoms with Gasteiger partial charge in [-0.05, 0) is 12.1 Å². The van der Waals surface area contributed by atoms with Gasteiger partial charge in [-0.3, -0.25) is 4.99 Å². The molecule has 3 rings (SSSR count). The van der Waals surface area contributed by atoms with Crippen molar-refractivity contribution in [3.8, 4) is 5.75 Å². The van der Waals surface area contributed by atoms with Crippen LogP contribution in [-0.2, 0) is 9.47 Å². The molecule has 0 spiro atoms. The first-order chi connectivity index (χ1) is 13.2. The van der Waals surface area contributed by atoms with Gasteiger partial charge in [0, 0.05) is 72.9 Å². The maximum absolute atomic E-state index is 5.82. The van der Waals surface area contributed by atoms with E-state index in [4.69, 9.17) is 14.2 Å². The molecule has 0 atom stereocenters. The molecule has 2 fully saturated rings. The van der Waals surface area contributed by atoms with E-state index >= 15 is 0 Å². The van der Waals surface area contributed by atoms with Crippen LogP contribution in [0, 0.1) is 0 Å². The predicted molar refractivity (Wildman–Crippen MR) is 108 cm³/mol. The Morgan fingerprint density at radius 2 is 1.85 bits per heavy atom. The summed E-state index contributed by atoms with van der Waals surface area (Å²) in [5, 5.41) is 3.53. The van der Waals surface area contributed by atoms with Crippen molar-refractivity contribution < 1.29 is 14.2 Å². The molecule has 0 bridgehead atoms. The first-order valence-electron chi connectivity index (χ1n) is 9.68. The lowest BCUT2D eigenvalue weighted by Gasteiger charge is -2.40. The van der Waals surface area contributed by atoms with Gasteiger partial charge in [-0.25, -0.2) is 0 Å². The normalized spacial score (nSPS) is 20.5. The topological polar surface area (TPSA) is 58.6 Å². The minimum atomic E-state index is -0.159. The van der Waals surface area contributed by atoms with E-state index in [2.05, 4.69) is 32.2 Å². The average Bonchev–Trinajstić information content (AvgIpc) is 2.75. The van der Waals surface area contributed by atoms with Crippen molar-refractivity contribution in [3.05, 3.63) is 24.3 Å². The molecule has 7 heteroatoms. The van der Waals surface area contributed by atoms with Crippen molar-refractivity contribution in [1.29, 1.82) is 0 Å². The van der Waals surface area contributed by atoms with Crippen molar-refractivity contribution >= 4 is 11.6 Å². The number of anilines is 1. The monoisotopic (exact) mass is 376 g/mol. The minimum absolute atomic E-state index is 0.159. The summed E-state index contributed by atoms with van der Waals surface area (Å²) in [6, 6.07) is 8.20. The Balaban J connectivity index is 1.56. The van der Waals surface area contributed by atoms with E-state index in [1.54, 1.807) is 14.2 Å². The number of hydrogen-bond acceptors (Lipinski definition) is 5. The summed E-state index contributed by atoms with van der Waals surface area (Å²) in [5.41, 5.74) is 0.996. The fourth-order valence-electron chi connectivity index (χ4n) is 3.82. The molecule has 0 radical (unpaired) electrons. The Morgan fingerprint density at radius 3 is 2.48 bits per heavy atom. The van der Waals surface area contributed by atoms with E-state index in [1.165, 1.54) is 0 Å². The number of para-hydroxylation sites is 2. The number of nitrogens with zero attached hydrogens (tertiary/aromatic N) is 3. The highest BCUT2D eigenvalue weighted by Crippen LogP contribution is 2.28. The second-order valence-corrected chi connectivity index (χ2v) is 7.05. The van der Waals surface area contributed by atoms with E-state index < -0.39 is 0 Å². The third kappa shape index (κ3) is 4.65. The number of aliphatic imine (C=N–C) groups is 1. The Hall–Kier alpha value is -1.99. The zero-order chi connectivity index (χ0) is 19.1. The van der Waals surface area contributed by atoms with Gasteiger partial charge < -0.3 is 29.3 Å². The summed E-state index contributed by atoms with van der Waals surface area (Å²) >= 11 is 0. The van der Waals surface area contributed by atoms with Crippen LogP contribution < -0.4 is 15.0 Å². The number of ether oxygens (including phenoxy) is 3. The number of hydrogen-bond donors (Lipinski definition) is 1. The van der Waals surface area contributed by atoms with E-state index in [0.717, 1.165) is 76.2 Å². The van der Waals surface area contributed by atoms with E-state index in [1.807, 2.05) is 19.2 Å². The van der Waals surface area contributed by atoms with Crippen molar-refractivity contribution in [2.45, 2.75) is 18.4 Å². The van der Waals surface area contributed by atoms with Crippen LogP contribution in [0.15, 0.2) is 29.3 Å². The zero-order valence-electron chi connectivity index (χ0n) is 16.7. The van der Waals surface area contributed by atoms with Crippen LogP contribution in [0.5, 0.6) is 5.75 Å². The van der Waals surface area contributed by atoms with E-state index in [-0.39, 0.29) is 5.60 Å². The van der Waals surface area contributed by atoms with Crippen LogP contribution >= 0.6 is 0 Å². The summed E-state index contributed by atoms with van der Waals surface area (Å²) in [6.45, 7) is 5.97. The summed E-state index contributed by atoms with van der Waals surface area (Å²) < 4.78 is 16.8. The number of guanidine groups is 1. The summed E-state index contributed by atoms with van der Waals surface area (Å²) in [7, 11) is 5.36. The van der Waals surface area contributed by atoms with Crippen molar-refractivity contribution in [3.63, 3.8) is 0 Å². The Morgan fingerprint density at radius 1 is 1.15 bits per heavy atom. The standard InChI is InChI=1S/C20H32N4O3/c1-21-19(22-16-20(26-3)8-14-27-15-9-20)24-12-10-23(11-13-24)17-6-4-5-7-18(17)25-2/h4-7H,8-16H2,1-3H3,(H,21,22). The molecule has 2 saturated heterocycles. The van der Waals surface area contributed by atoms with Gasteiger partial charge in [0.05, 0.1) is 18.4 Å². The molecule has 2 aliphatic rings. The number of rotatable bonds is 5. The van der Waals surface area contributed by atoms with Crippen LogP contribution in [0.25, 0.3) is 0 Å². The lowest BCUT2D eigenvalue weighted by molar-refractivity contribution is -0.0857. The molecule has 0 amide bonds. The van der Waals surface area contributed by atoms with Crippen LogP contribution in [-0.4, -0.2) is 83.7 Å². The van der Waals surface area contributed by atoms with Gasteiger partial charge in [-0.15, -0.1) is 0 Å². The molecule has 150 valence electrons. The second kappa shape index (κ2) is 9.28. The number of nitrogens with one attached hydrogen (secondary N) is 1. The first-order valence-corrected chi connectivity index (χ1v) is 9.68. The van der Waals surface area contributed by atoms with E-state index in [0.29, 0.717) is 0 Å². The van der Waals surface area contributed by atoms with Gasteiger partial charge in [-0.1, -0.05) is 12.1 Å². The van der Waals surface area contributed by atoms with Crippen molar-refractivity contribution in [2.75, 3.05) is 72.1 Å². The Kier molecular flexibility index (Phi) is 6.79. The van der Waals surface area contributed by atoms with Gasteiger partial charge >= 0.3 is 0 Å². The van der Waals surface area contributed by atoms with Gasteiger partial charge in [0.1, 0.15) is 5.75 Å². The van der Waals surface area contributed by atoms with Crippen LogP contribution in [0.4, 0.5) is 5.69 Å². The van der Waals surface area contributed by atoms with Gasteiger partial charge in [0.25, 0.3) is 0 Å². The molecule has 1 N–H and O–H groups in total. The third-order valence-corrected chi connectivity index (χ3v) is 5.62. The molecule has 0 saturated carbocycles. The van der Waals surface area contributed by atoms with Crippen molar-refractivity contribution in [1.82, 2.24) is 10.2 Å². The van der Waals surface area contributed by atoms with Crippen molar-refractivity contribution in [2.24, 2.45) is 4.99 Å². The maximum Gasteiger partial charge on any atom is 0.193 e. The molecule has 1 aromatic rings. The molecule has 27 heavy (non-hydrogen) atoms. The molecule has 0 aliphatic carbocycles. The first kappa shape index (κ1) is 19.8. The van der Waals surface area contributed by atoms with Crippen LogP contribution in [0.1, 0.15) is 12.8 Å². The van der Waals surface area contributed by atoms with Crippen LogP contribution in [0.3, 0.4) is 0 Å². The van der Waals surface area contributed by atoms with Gasteiger partial charge in [0.15, 0.2) is 5.96 Å². The lowest BCUT2D eigenvalue weighted by atomic mass is 9.94. The summed E-state index contributed by atoms with van der Waals surface area (Å²) in [5.74, 6) is 1.87. The highest BCUT2D eigenvalue weighted by atomic mass is 16.5. The summed E-state index contributed by atoms with van der Waals surface area (Å²) in [6.07, 6.45) is 1.82. The van der Waals surface area contributed by atoms with Crippen LogP contribution in [0.2, 0.25) is 0 Å². The SMILES string of the molecule is CN=C(NCC1(OC)CCOCC1)N1CCN(c2ccccc2OC)CC1. The fourth-order valence-corrected chi connectivity index (χ4v) is 3.82. The highest BCUT2D eigenvalue weighted by molar-refractivity contribution is 5.80. The molecule has 7 nitrogen and oxygen atoms in total. The number of benzene rings is 1. The molecular formula is C20H32N4O3. The predicted octanol–water partition coefficient (Wildman–Crippen LogP) is 1.59. The number of piperazine rings is 1. The number of methoxy groups -OCH3 is 2. The fraction of sp³-hybridized carbons (Fsp3) is 0.650. The molecular weight excluding hydrogens is 344 g/mol. The quantitative estimate of drug-likeness (QED) is 0.622. The molecule has 0 unspecified atom stereocenters. The molecule has 2 heterocycles. The Labute approximate surface area is 162 Å². The minimum Gasteiger partial charge on any atom is -0.495 e. The van der Waals surface area contributed by atoms with Gasteiger partial charge in [-0.2, -0.15) is 0 Å². The lowest BCUT2D eigenvalue weighted by Crippen LogP contribution is -2.56. The molecule has 1 aromatic carbocycles. The Bertz CT molecular complexity index is 623. The zero-order valence-corrected chi connectivity index (χ0v) is 16.7. The smallest absolute Gasteiger partial charge is 0.193 e. The average molecular weight is 377 g/mol. The largest absolute Gasteiger partial charge is 0.495 e. The third-order valence-electron chi connectivity index (χ3n) is 5.62.